The molecule has 36 heavy (non-hydrogen) atoms. The van der Waals surface area contributed by atoms with Gasteiger partial charge in [-0.3, -0.25) is 15.0 Å². The Kier molecular flexibility index (Phi) is 6.46. The quantitative estimate of drug-likeness (QED) is 0.194. The fraction of sp³-hybridized carbons (Fsp3) is 0.304. The van der Waals surface area contributed by atoms with Gasteiger partial charge in [-0.2, -0.15) is 13.2 Å². The number of fused-ring (bicyclic) bond motifs is 1. The second-order valence-electron chi connectivity index (χ2n) is 8.99. The first-order valence-electron chi connectivity index (χ1n) is 10.4. The number of aromatic nitrogens is 1. The van der Waals surface area contributed by atoms with Gasteiger partial charge in [-0.15, -0.1) is 11.3 Å². The highest BCUT2D eigenvalue weighted by Crippen LogP contribution is 2.56. The van der Waals surface area contributed by atoms with Crippen LogP contribution in [0.1, 0.15) is 49.5 Å². The smallest absolute Gasteiger partial charge is 0.413 e. The number of nitro groups is 1. The van der Waals surface area contributed by atoms with Gasteiger partial charge in [-0.25, -0.2) is 14.2 Å². The Labute approximate surface area is 211 Å². The molecule has 0 saturated heterocycles. The van der Waals surface area contributed by atoms with Gasteiger partial charge in [0.1, 0.15) is 16.4 Å². The van der Waals surface area contributed by atoms with Crippen LogP contribution in [0.15, 0.2) is 41.9 Å². The number of benzene rings is 2. The zero-order valence-electron chi connectivity index (χ0n) is 19.0. The molecule has 190 valence electrons. The lowest BCUT2D eigenvalue weighted by molar-refractivity contribution is -0.385. The molecular weight excluding hydrogens is 526 g/mol. The van der Waals surface area contributed by atoms with Crippen molar-refractivity contribution in [2.45, 2.75) is 44.6 Å². The molecule has 0 radical (unpaired) electrons. The molecular formula is C23H18ClF4N3O4S. The van der Waals surface area contributed by atoms with E-state index in [1.54, 1.807) is 5.38 Å². The van der Waals surface area contributed by atoms with E-state index in [1.165, 1.54) is 27.0 Å². The van der Waals surface area contributed by atoms with Crippen molar-refractivity contribution in [3.8, 4) is 10.6 Å². The van der Waals surface area contributed by atoms with E-state index in [9.17, 15) is 32.5 Å². The zero-order chi connectivity index (χ0) is 26.6. The molecule has 0 spiro atoms. The third kappa shape index (κ3) is 4.74. The van der Waals surface area contributed by atoms with Gasteiger partial charge in [-0.05, 0) is 50.6 Å². The molecule has 2 unspecified atom stereocenters. The minimum atomic E-state index is -5.07. The third-order valence-corrected chi connectivity index (χ3v) is 6.52. The standard InChI is InChI=1S/C23H18ClF4N3O4S/c1-22(2,3)35-21(32)30-18(13-10-12(25)4-5-15(13)24)17-14(19(30)23(26,27)28)8-11(9-16(17)31(33)34)20-29-6-7-36-20/h4-10,18-19H,1-3H3. The second-order valence-corrected chi connectivity index (χ2v) is 10.3. The lowest BCUT2D eigenvalue weighted by Gasteiger charge is -2.34. The number of rotatable bonds is 3. The van der Waals surface area contributed by atoms with Crippen LogP contribution in [0.4, 0.5) is 28.0 Å². The maximum absolute atomic E-state index is 14.6. The summed E-state index contributed by atoms with van der Waals surface area (Å²) >= 11 is 7.32. The van der Waals surface area contributed by atoms with E-state index >= 15 is 0 Å². The molecule has 7 nitrogen and oxygen atoms in total. The summed E-state index contributed by atoms with van der Waals surface area (Å²) < 4.78 is 63.4. The predicted molar refractivity (Wildman–Crippen MR) is 124 cm³/mol. The Morgan fingerprint density at radius 3 is 2.44 bits per heavy atom. The van der Waals surface area contributed by atoms with Gasteiger partial charge in [0.05, 0.1) is 16.5 Å². The number of carbonyl (C=O) groups is 1. The first-order valence-corrected chi connectivity index (χ1v) is 11.7. The molecule has 3 aromatic rings. The highest BCUT2D eigenvalue weighted by Gasteiger charge is 2.58. The van der Waals surface area contributed by atoms with Gasteiger partial charge in [0.15, 0.2) is 6.04 Å². The normalized spacial score (nSPS) is 17.7. The molecule has 1 amide bonds. The van der Waals surface area contributed by atoms with Crippen LogP contribution in [0.3, 0.4) is 0 Å². The monoisotopic (exact) mass is 543 g/mol. The van der Waals surface area contributed by atoms with Crippen molar-refractivity contribution in [1.29, 1.82) is 0 Å². The number of alkyl halides is 3. The molecule has 0 aliphatic carbocycles. The zero-order valence-corrected chi connectivity index (χ0v) is 20.5. The molecule has 0 bridgehead atoms. The Bertz CT molecular complexity index is 1340. The molecule has 0 saturated carbocycles. The van der Waals surface area contributed by atoms with Gasteiger partial charge < -0.3 is 4.74 Å². The number of hydrogen-bond donors (Lipinski definition) is 0. The predicted octanol–water partition coefficient (Wildman–Crippen LogP) is 7.45. The summed E-state index contributed by atoms with van der Waals surface area (Å²) in [6.45, 7) is 4.39. The van der Waals surface area contributed by atoms with Crippen LogP contribution in [0.5, 0.6) is 0 Å². The number of ether oxygens (including phenoxy) is 1. The lowest BCUT2D eigenvalue weighted by Crippen LogP contribution is -2.43. The van der Waals surface area contributed by atoms with Crippen molar-refractivity contribution in [2.75, 3.05) is 0 Å². The average molecular weight is 544 g/mol. The average Bonchev–Trinajstić information content (AvgIpc) is 3.39. The number of hydrogen-bond acceptors (Lipinski definition) is 6. The van der Waals surface area contributed by atoms with Crippen LogP contribution in [0, 0.1) is 15.9 Å². The summed E-state index contributed by atoms with van der Waals surface area (Å²) in [5, 5.41) is 13.8. The Morgan fingerprint density at radius 2 is 1.89 bits per heavy atom. The summed E-state index contributed by atoms with van der Waals surface area (Å²) in [7, 11) is 0. The summed E-state index contributed by atoms with van der Waals surface area (Å²) in [6.07, 6.45) is -5.06. The molecule has 1 aliphatic rings. The van der Waals surface area contributed by atoms with Crippen molar-refractivity contribution < 1.29 is 32.0 Å². The minimum Gasteiger partial charge on any atom is -0.444 e. The van der Waals surface area contributed by atoms with Crippen molar-refractivity contribution in [2.24, 2.45) is 0 Å². The van der Waals surface area contributed by atoms with E-state index in [0.717, 1.165) is 41.7 Å². The first kappa shape index (κ1) is 25.8. The van der Waals surface area contributed by atoms with Gasteiger partial charge in [0, 0.05) is 33.8 Å². The number of carbonyl (C=O) groups excluding carboxylic acids is 1. The summed E-state index contributed by atoms with van der Waals surface area (Å²) in [6, 6.07) is 0.760. The minimum absolute atomic E-state index is 0.0693. The number of nitrogens with zero attached hydrogens (tertiary/aromatic N) is 3. The van der Waals surface area contributed by atoms with Gasteiger partial charge >= 0.3 is 12.3 Å². The lowest BCUT2D eigenvalue weighted by atomic mass is 9.93. The van der Waals surface area contributed by atoms with Gasteiger partial charge in [-0.1, -0.05) is 11.6 Å². The molecule has 1 aromatic heterocycles. The van der Waals surface area contributed by atoms with E-state index in [0.29, 0.717) is 4.90 Å². The maximum Gasteiger partial charge on any atom is 0.413 e. The van der Waals surface area contributed by atoms with Crippen molar-refractivity contribution >= 4 is 34.7 Å². The topological polar surface area (TPSA) is 85.6 Å². The second kappa shape index (κ2) is 9.00. The van der Waals surface area contributed by atoms with Crippen molar-refractivity contribution in [3.63, 3.8) is 0 Å². The van der Waals surface area contributed by atoms with Crippen molar-refractivity contribution in [3.05, 3.63) is 79.6 Å². The summed E-state index contributed by atoms with van der Waals surface area (Å²) in [4.78, 5) is 28.9. The summed E-state index contributed by atoms with van der Waals surface area (Å²) in [5.41, 5.74) is -3.04. The fourth-order valence-electron chi connectivity index (χ4n) is 4.15. The Hall–Kier alpha value is -3.25. The third-order valence-electron chi connectivity index (χ3n) is 5.36. The van der Waals surface area contributed by atoms with E-state index in [4.69, 9.17) is 16.3 Å². The van der Waals surface area contributed by atoms with E-state index in [-0.39, 0.29) is 21.2 Å². The highest BCUT2D eigenvalue weighted by molar-refractivity contribution is 7.13. The van der Waals surface area contributed by atoms with Crippen LogP contribution < -0.4 is 0 Å². The number of amides is 1. The largest absolute Gasteiger partial charge is 0.444 e. The van der Waals surface area contributed by atoms with Crippen LogP contribution >= 0.6 is 22.9 Å². The molecule has 0 N–H and O–H groups in total. The SMILES string of the molecule is CC(C)(C)OC(=O)N1C(c2cc(F)ccc2Cl)c2c(cc(-c3nccs3)cc2[N+](=O)[O-])C1C(F)(F)F. The summed E-state index contributed by atoms with van der Waals surface area (Å²) in [5.74, 6) is -0.849. The molecule has 1 aliphatic heterocycles. The maximum atomic E-state index is 14.6. The molecule has 13 heteroatoms. The van der Waals surface area contributed by atoms with E-state index < -0.39 is 57.5 Å². The van der Waals surface area contributed by atoms with E-state index in [2.05, 4.69) is 4.98 Å². The van der Waals surface area contributed by atoms with Crippen LogP contribution in [0.25, 0.3) is 10.6 Å². The van der Waals surface area contributed by atoms with Crippen LogP contribution in [-0.2, 0) is 4.74 Å². The highest BCUT2D eigenvalue weighted by atomic mass is 35.5. The van der Waals surface area contributed by atoms with E-state index in [1.807, 2.05) is 0 Å². The van der Waals surface area contributed by atoms with Crippen LogP contribution in [-0.4, -0.2) is 32.7 Å². The molecule has 0 fully saturated rings. The van der Waals surface area contributed by atoms with Crippen LogP contribution in [0.2, 0.25) is 5.02 Å². The molecule has 2 aromatic carbocycles. The van der Waals surface area contributed by atoms with Crippen molar-refractivity contribution in [1.82, 2.24) is 9.88 Å². The Morgan fingerprint density at radius 1 is 1.19 bits per heavy atom. The fourth-order valence-corrected chi connectivity index (χ4v) is 5.00. The number of nitro benzene ring substituents is 1. The molecule has 4 rings (SSSR count). The Balaban J connectivity index is 2.09. The van der Waals surface area contributed by atoms with Gasteiger partial charge in [0.25, 0.3) is 5.69 Å². The number of thiazole rings is 1. The molecule has 2 atom stereocenters. The van der Waals surface area contributed by atoms with Gasteiger partial charge in [0.2, 0.25) is 0 Å². The molecule has 2 heterocycles. The number of halogens is 5. The first-order chi connectivity index (χ1) is 16.7.